The van der Waals surface area contributed by atoms with E-state index in [1.807, 2.05) is 13.8 Å². The van der Waals surface area contributed by atoms with Crippen LogP contribution in [0, 0.1) is 5.92 Å². The van der Waals surface area contributed by atoms with Crippen molar-refractivity contribution in [2.75, 3.05) is 27.8 Å². The summed E-state index contributed by atoms with van der Waals surface area (Å²) in [6.45, 7) is 4.28. The molecule has 0 heterocycles. The van der Waals surface area contributed by atoms with Gasteiger partial charge in [-0.15, -0.1) is 12.4 Å². The minimum atomic E-state index is -3.74. The molecule has 9 heteroatoms. The van der Waals surface area contributed by atoms with Crippen LogP contribution in [-0.2, 0) is 14.8 Å². The van der Waals surface area contributed by atoms with Crippen molar-refractivity contribution in [3.8, 4) is 5.75 Å². The van der Waals surface area contributed by atoms with Crippen LogP contribution in [0.3, 0.4) is 0 Å². The number of hydrogen-bond acceptors (Lipinski definition) is 6. The summed E-state index contributed by atoms with van der Waals surface area (Å²) in [5.74, 6) is -0.133. The van der Waals surface area contributed by atoms with E-state index >= 15 is 0 Å². The Bertz CT molecular complexity index is 679. The molecule has 25 heavy (non-hydrogen) atoms. The van der Waals surface area contributed by atoms with Gasteiger partial charge in [0.25, 0.3) is 0 Å². The molecule has 0 aliphatic heterocycles. The summed E-state index contributed by atoms with van der Waals surface area (Å²) in [5, 5.41) is 0. The highest BCUT2D eigenvalue weighted by Crippen LogP contribution is 2.25. The zero-order valence-electron chi connectivity index (χ0n) is 15.2. The molecule has 0 aliphatic carbocycles. The zero-order chi connectivity index (χ0) is 18.5. The number of sulfonamides is 1. The second kappa shape index (κ2) is 9.96. The Labute approximate surface area is 155 Å². The number of carbonyl (C=O) groups is 1. The SMILES string of the molecule is COC(=O)c1cc(S(=O)(=O)N(C)CCC(N)C(C)C)ccc1OC.Cl. The lowest BCUT2D eigenvalue weighted by Crippen LogP contribution is -2.34. The van der Waals surface area contributed by atoms with Gasteiger partial charge < -0.3 is 15.2 Å². The molecule has 0 saturated carbocycles. The number of nitrogens with two attached hydrogens (primary N) is 1. The zero-order valence-corrected chi connectivity index (χ0v) is 16.8. The fraction of sp³-hybridized carbons (Fsp3) is 0.562. The van der Waals surface area contributed by atoms with Crippen molar-refractivity contribution < 1.29 is 22.7 Å². The van der Waals surface area contributed by atoms with E-state index in [1.54, 1.807) is 0 Å². The highest BCUT2D eigenvalue weighted by molar-refractivity contribution is 7.89. The van der Waals surface area contributed by atoms with E-state index in [0.717, 1.165) is 0 Å². The van der Waals surface area contributed by atoms with Gasteiger partial charge in [0.2, 0.25) is 10.0 Å². The first-order valence-electron chi connectivity index (χ1n) is 7.63. The van der Waals surface area contributed by atoms with E-state index in [9.17, 15) is 13.2 Å². The van der Waals surface area contributed by atoms with Gasteiger partial charge in [0, 0.05) is 19.6 Å². The molecule has 0 aliphatic rings. The number of methoxy groups -OCH3 is 2. The van der Waals surface area contributed by atoms with Crippen LogP contribution in [0.1, 0.15) is 30.6 Å². The van der Waals surface area contributed by atoms with E-state index in [4.69, 9.17) is 10.5 Å². The first-order valence-corrected chi connectivity index (χ1v) is 9.07. The van der Waals surface area contributed by atoms with Crippen LogP contribution in [0.2, 0.25) is 0 Å². The summed E-state index contributed by atoms with van der Waals surface area (Å²) >= 11 is 0. The maximum atomic E-state index is 12.7. The molecule has 0 radical (unpaired) electrons. The quantitative estimate of drug-likeness (QED) is 0.676. The van der Waals surface area contributed by atoms with E-state index in [1.165, 1.54) is 43.8 Å². The Balaban J connectivity index is 0.00000576. The first kappa shape index (κ1) is 23.6. The second-order valence-electron chi connectivity index (χ2n) is 5.88. The fourth-order valence-electron chi connectivity index (χ4n) is 2.08. The summed E-state index contributed by atoms with van der Waals surface area (Å²) in [4.78, 5) is 11.8. The number of hydrogen-bond donors (Lipinski definition) is 1. The van der Waals surface area contributed by atoms with Crippen LogP contribution in [0.25, 0.3) is 0 Å². The molecule has 144 valence electrons. The molecule has 1 rings (SSSR count). The number of halogens is 1. The third-order valence-corrected chi connectivity index (χ3v) is 5.77. The Hall–Kier alpha value is -1.35. The molecule has 0 spiro atoms. The molecule has 2 N–H and O–H groups in total. The van der Waals surface area contributed by atoms with E-state index in [-0.39, 0.29) is 40.6 Å². The Morgan fingerprint density at radius 1 is 1.28 bits per heavy atom. The van der Waals surface area contributed by atoms with E-state index < -0.39 is 16.0 Å². The minimum absolute atomic E-state index is 0. The van der Waals surface area contributed by atoms with E-state index in [2.05, 4.69) is 4.74 Å². The number of esters is 1. The molecule has 1 aromatic rings. The van der Waals surface area contributed by atoms with Crippen LogP contribution in [-0.4, -0.2) is 52.5 Å². The van der Waals surface area contributed by atoms with Gasteiger partial charge in [0.05, 0.1) is 19.1 Å². The molecule has 0 saturated heterocycles. The predicted octanol–water partition coefficient (Wildman–Crippen LogP) is 1.90. The molecule has 0 bridgehead atoms. The number of carbonyl (C=O) groups excluding carboxylic acids is 1. The third kappa shape index (κ3) is 5.85. The molecular formula is C16H27ClN2O5S. The van der Waals surface area contributed by atoms with Gasteiger partial charge in [-0.1, -0.05) is 13.8 Å². The van der Waals surface area contributed by atoms with Crippen molar-refractivity contribution in [1.82, 2.24) is 4.31 Å². The van der Waals surface area contributed by atoms with Crippen LogP contribution < -0.4 is 10.5 Å². The average molecular weight is 395 g/mol. The maximum Gasteiger partial charge on any atom is 0.341 e. The minimum Gasteiger partial charge on any atom is -0.496 e. The summed E-state index contributed by atoms with van der Waals surface area (Å²) in [6.07, 6.45) is 0.549. The average Bonchev–Trinajstić information content (AvgIpc) is 2.57. The molecule has 0 aromatic heterocycles. The van der Waals surface area contributed by atoms with Crippen LogP contribution in [0.5, 0.6) is 5.75 Å². The molecular weight excluding hydrogens is 368 g/mol. The first-order chi connectivity index (χ1) is 11.1. The summed E-state index contributed by atoms with van der Waals surface area (Å²) in [7, 11) is 0.378. The maximum absolute atomic E-state index is 12.7. The summed E-state index contributed by atoms with van der Waals surface area (Å²) in [5.41, 5.74) is 6.03. The number of rotatable bonds is 8. The number of benzene rings is 1. The van der Waals surface area contributed by atoms with Crippen LogP contribution >= 0.6 is 12.4 Å². The van der Waals surface area contributed by atoms with Gasteiger partial charge in [0.1, 0.15) is 11.3 Å². The van der Waals surface area contributed by atoms with Gasteiger partial charge >= 0.3 is 5.97 Å². The Morgan fingerprint density at radius 2 is 1.88 bits per heavy atom. The molecule has 7 nitrogen and oxygen atoms in total. The summed E-state index contributed by atoms with van der Waals surface area (Å²) in [6, 6.07) is 4.02. The smallest absolute Gasteiger partial charge is 0.341 e. The van der Waals surface area contributed by atoms with Crippen molar-refractivity contribution in [2.45, 2.75) is 31.2 Å². The largest absolute Gasteiger partial charge is 0.496 e. The molecule has 1 atom stereocenters. The molecule has 1 unspecified atom stereocenters. The van der Waals surface area contributed by atoms with Gasteiger partial charge in [-0.3, -0.25) is 0 Å². The van der Waals surface area contributed by atoms with Crippen molar-refractivity contribution in [3.63, 3.8) is 0 Å². The van der Waals surface area contributed by atoms with Gasteiger partial charge in [-0.05, 0) is 30.5 Å². The topological polar surface area (TPSA) is 98.9 Å². The van der Waals surface area contributed by atoms with Crippen LogP contribution in [0.4, 0.5) is 0 Å². The van der Waals surface area contributed by atoms with Gasteiger partial charge in [-0.2, -0.15) is 0 Å². The van der Waals surface area contributed by atoms with E-state index in [0.29, 0.717) is 13.0 Å². The van der Waals surface area contributed by atoms with Crippen molar-refractivity contribution in [1.29, 1.82) is 0 Å². The second-order valence-corrected chi connectivity index (χ2v) is 7.92. The Kier molecular flexibility index (Phi) is 9.42. The lowest BCUT2D eigenvalue weighted by molar-refractivity contribution is 0.0596. The van der Waals surface area contributed by atoms with Crippen molar-refractivity contribution >= 4 is 28.4 Å². The predicted molar refractivity (Wildman–Crippen MR) is 98.8 cm³/mol. The number of nitrogens with zero attached hydrogens (tertiary/aromatic N) is 1. The lowest BCUT2D eigenvalue weighted by atomic mass is 10.0. The van der Waals surface area contributed by atoms with Crippen LogP contribution in [0.15, 0.2) is 23.1 Å². The van der Waals surface area contributed by atoms with Crippen molar-refractivity contribution in [3.05, 3.63) is 23.8 Å². The van der Waals surface area contributed by atoms with Gasteiger partial charge in [0.15, 0.2) is 0 Å². The standard InChI is InChI=1S/C16H26N2O5S.ClH/c1-11(2)14(17)8-9-18(3)24(20,21)12-6-7-15(22-4)13(10-12)16(19)23-5;/h6-7,10-11,14H,8-9,17H2,1-5H3;1H. The summed E-state index contributed by atoms with van der Waals surface area (Å²) < 4.78 is 36.3. The normalized spacial score (nSPS) is 12.6. The van der Waals surface area contributed by atoms with Crippen molar-refractivity contribution in [2.24, 2.45) is 11.7 Å². The molecule has 0 fully saturated rings. The Morgan fingerprint density at radius 3 is 2.36 bits per heavy atom. The molecule has 0 amide bonds. The third-order valence-electron chi connectivity index (χ3n) is 3.92. The highest BCUT2D eigenvalue weighted by Gasteiger charge is 2.24. The lowest BCUT2D eigenvalue weighted by Gasteiger charge is -2.21. The number of ether oxygens (including phenoxy) is 2. The monoisotopic (exact) mass is 394 g/mol. The highest BCUT2D eigenvalue weighted by atomic mass is 35.5. The molecule has 1 aromatic carbocycles. The van der Waals surface area contributed by atoms with Gasteiger partial charge in [-0.25, -0.2) is 17.5 Å². The fourth-order valence-corrected chi connectivity index (χ4v) is 3.29.